The quantitative estimate of drug-likeness (QED) is 0.686. The van der Waals surface area contributed by atoms with Crippen LogP contribution in [0.4, 0.5) is 13.2 Å². The van der Waals surface area contributed by atoms with E-state index in [0.717, 1.165) is 51.4 Å². The van der Waals surface area contributed by atoms with Crippen molar-refractivity contribution in [2.75, 3.05) is 39.4 Å². The highest BCUT2D eigenvalue weighted by Crippen LogP contribution is 2.29. The summed E-state index contributed by atoms with van der Waals surface area (Å²) in [6.07, 6.45) is -3.55. The number of rotatable bonds is 7. The topological polar surface area (TPSA) is 32.8 Å². The molecule has 1 aromatic heterocycles. The van der Waals surface area contributed by atoms with Crippen LogP contribution < -0.4 is 0 Å². The molecule has 0 aliphatic carbocycles. The first-order valence-electron chi connectivity index (χ1n) is 9.22. The Hall–Kier alpha value is -1.90. The molecular weight excluding hydrogens is 389 g/mol. The molecule has 2 heterocycles. The van der Waals surface area contributed by atoms with Gasteiger partial charge in [0.25, 0.3) is 5.91 Å². The van der Waals surface area contributed by atoms with Crippen LogP contribution in [0, 0.1) is 0 Å². The summed E-state index contributed by atoms with van der Waals surface area (Å²) < 4.78 is 43.6. The molecule has 1 amide bonds. The Kier molecular flexibility index (Phi) is 7.09. The molecule has 1 aromatic carbocycles. The molecule has 4 nitrogen and oxygen atoms in total. The monoisotopic (exact) mass is 412 g/mol. The van der Waals surface area contributed by atoms with Gasteiger partial charge in [-0.15, -0.1) is 11.3 Å². The van der Waals surface area contributed by atoms with Gasteiger partial charge in [0.15, 0.2) is 0 Å². The molecule has 0 N–H and O–H groups in total. The van der Waals surface area contributed by atoms with Gasteiger partial charge in [0.1, 0.15) is 0 Å². The lowest BCUT2D eigenvalue weighted by Crippen LogP contribution is -2.39. The Balaban J connectivity index is 1.64. The van der Waals surface area contributed by atoms with Crippen molar-refractivity contribution >= 4 is 17.2 Å². The maximum atomic E-state index is 12.8. The number of carbonyl (C=O) groups excluding carboxylic acids is 1. The molecule has 8 heteroatoms. The van der Waals surface area contributed by atoms with E-state index < -0.39 is 11.7 Å². The molecule has 1 saturated heterocycles. The van der Waals surface area contributed by atoms with Crippen molar-refractivity contribution in [3.63, 3.8) is 0 Å². The molecule has 0 radical (unpaired) electrons. The summed E-state index contributed by atoms with van der Waals surface area (Å²) in [5, 5.41) is 1.84. The van der Waals surface area contributed by atoms with Gasteiger partial charge in [-0.1, -0.05) is 18.2 Å². The maximum absolute atomic E-state index is 12.8. The van der Waals surface area contributed by atoms with E-state index >= 15 is 0 Å². The van der Waals surface area contributed by atoms with Crippen molar-refractivity contribution in [1.29, 1.82) is 0 Å². The van der Waals surface area contributed by atoms with Gasteiger partial charge in [-0.2, -0.15) is 13.2 Å². The van der Waals surface area contributed by atoms with Crippen molar-refractivity contribution in [3.8, 4) is 0 Å². The van der Waals surface area contributed by atoms with Crippen molar-refractivity contribution in [1.82, 2.24) is 9.80 Å². The predicted octanol–water partition coefficient (Wildman–Crippen LogP) is 4.13. The summed E-state index contributed by atoms with van der Waals surface area (Å²) >= 11 is 1.37. The summed E-state index contributed by atoms with van der Waals surface area (Å²) in [5.74, 6) is -0.0862. The Morgan fingerprint density at radius 1 is 1.14 bits per heavy atom. The number of amides is 1. The van der Waals surface area contributed by atoms with Gasteiger partial charge in [0.2, 0.25) is 0 Å². The molecule has 1 fully saturated rings. The smallest absolute Gasteiger partial charge is 0.379 e. The summed E-state index contributed by atoms with van der Waals surface area (Å²) in [6, 6.07) is 8.61. The first kappa shape index (κ1) is 20.8. The van der Waals surface area contributed by atoms with Crippen molar-refractivity contribution in [2.24, 2.45) is 0 Å². The summed E-state index contributed by atoms with van der Waals surface area (Å²) in [5.41, 5.74) is 0.00368. The van der Waals surface area contributed by atoms with Gasteiger partial charge in [-0.05, 0) is 35.6 Å². The fourth-order valence-corrected chi connectivity index (χ4v) is 3.83. The van der Waals surface area contributed by atoms with Crippen LogP contribution in [0.2, 0.25) is 0 Å². The van der Waals surface area contributed by atoms with Crippen molar-refractivity contribution in [2.45, 2.75) is 19.1 Å². The second kappa shape index (κ2) is 9.54. The fraction of sp³-hybridized carbons (Fsp3) is 0.450. The Morgan fingerprint density at radius 2 is 1.86 bits per heavy atom. The van der Waals surface area contributed by atoms with Gasteiger partial charge in [-0.3, -0.25) is 9.69 Å². The van der Waals surface area contributed by atoms with E-state index in [1.807, 2.05) is 11.4 Å². The zero-order valence-electron chi connectivity index (χ0n) is 15.5. The van der Waals surface area contributed by atoms with Crippen LogP contribution in [0.25, 0.3) is 0 Å². The van der Waals surface area contributed by atoms with Crippen LogP contribution in [0.15, 0.2) is 41.8 Å². The maximum Gasteiger partial charge on any atom is 0.416 e. The van der Waals surface area contributed by atoms with E-state index in [1.54, 1.807) is 11.0 Å². The van der Waals surface area contributed by atoms with E-state index in [2.05, 4.69) is 4.90 Å². The highest BCUT2D eigenvalue weighted by Gasteiger charge is 2.30. The number of alkyl halides is 3. The number of benzene rings is 1. The second-order valence-electron chi connectivity index (χ2n) is 6.71. The van der Waals surface area contributed by atoms with E-state index in [9.17, 15) is 18.0 Å². The van der Waals surface area contributed by atoms with Gasteiger partial charge in [0.05, 0.1) is 23.7 Å². The lowest BCUT2D eigenvalue weighted by atomic mass is 10.1. The summed E-state index contributed by atoms with van der Waals surface area (Å²) in [6.45, 7) is 4.93. The van der Waals surface area contributed by atoms with Crippen molar-refractivity contribution in [3.05, 3.63) is 57.8 Å². The third-order valence-electron chi connectivity index (χ3n) is 4.68. The van der Waals surface area contributed by atoms with Gasteiger partial charge in [-0.25, -0.2) is 0 Å². The zero-order chi connectivity index (χ0) is 20.0. The molecule has 3 rings (SSSR count). The molecule has 2 aromatic rings. The number of halogens is 3. The highest BCUT2D eigenvalue weighted by molar-refractivity contribution is 7.12. The molecular formula is C20H23F3N2O2S. The predicted molar refractivity (Wildman–Crippen MR) is 102 cm³/mol. The number of morpholine rings is 1. The number of nitrogens with zero attached hydrogens (tertiary/aromatic N) is 2. The van der Waals surface area contributed by atoms with Crippen LogP contribution in [0.1, 0.15) is 27.2 Å². The lowest BCUT2D eigenvalue weighted by molar-refractivity contribution is -0.137. The van der Waals surface area contributed by atoms with Gasteiger partial charge >= 0.3 is 6.18 Å². The molecule has 0 bridgehead atoms. The first-order valence-corrected chi connectivity index (χ1v) is 10.1. The minimum atomic E-state index is -4.36. The zero-order valence-corrected chi connectivity index (χ0v) is 16.3. The van der Waals surface area contributed by atoms with Crippen LogP contribution in [0.5, 0.6) is 0 Å². The fourth-order valence-electron chi connectivity index (χ4n) is 3.14. The van der Waals surface area contributed by atoms with Crippen LogP contribution in [-0.2, 0) is 17.5 Å². The molecule has 0 saturated carbocycles. The largest absolute Gasteiger partial charge is 0.416 e. The first-order chi connectivity index (χ1) is 13.4. The molecule has 1 aliphatic heterocycles. The van der Waals surface area contributed by atoms with E-state index in [1.165, 1.54) is 23.5 Å². The molecule has 0 atom stereocenters. The summed E-state index contributed by atoms with van der Waals surface area (Å²) in [4.78, 5) is 17.5. The highest BCUT2D eigenvalue weighted by atomic mass is 32.1. The SMILES string of the molecule is O=C(c1cccs1)N(CCCN1CCOCC1)Cc1ccc(C(F)(F)F)cc1. The van der Waals surface area contributed by atoms with Crippen LogP contribution >= 0.6 is 11.3 Å². The Labute approximate surface area is 166 Å². The third kappa shape index (κ3) is 5.80. The van der Waals surface area contributed by atoms with Crippen LogP contribution in [0.3, 0.4) is 0 Å². The number of carbonyl (C=O) groups is 1. The lowest BCUT2D eigenvalue weighted by Gasteiger charge is -2.28. The van der Waals surface area contributed by atoms with E-state index in [4.69, 9.17) is 4.74 Å². The van der Waals surface area contributed by atoms with Gasteiger partial charge < -0.3 is 9.64 Å². The molecule has 0 spiro atoms. The molecule has 1 aliphatic rings. The number of hydrogen-bond donors (Lipinski definition) is 0. The number of ether oxygens (including phenoxy) is 1. The average molecular weight is 412 g/mol. The Bertz CT molecular complexity index is 742. The molecule has 152 valence electrons. The van der Waals surface area contributed by atoms with Crippen LogP contribution in [-0.4, -0.2) is 55.1 Å². The van der Waals surface area contributed by atoms with E-state index in [-0.39, 0.29) is 12.5 Å². The second-order valence-corrected chi connectivity index (χ2v) is 7.65. The molecule has 28 heavy (non-hydrogen) atoms. The normalized spacial score (nSPS) is 15.5. The average Bonchev–Trinajstić information content (AvgIpc) is 3.22. The summed E-state index contributed by atoms with van der Waals surface area (Å²) in [7, 11) is 0. The Morgan fingerprint density at radius 3 is 2.46 bits per heavy atom. The number of hydrogen-bond acceptors (Lipinski definition) is 4. The van der Waals surface area contributed by atoms with Gasteiger partial charge in [0, 0.05) is 32.7 Å². The standard InChI is InChI=1S/C20H23F3N2O2S/c21-20(22,23)17-6-4-16(5-7-17)15-25(19(26)18-3-1-14-28-18)9-2-8-24-10-12-27-13-11-24/h1,3-7,14H,2,8-13,15H2. The minimum Gasteiger partial charge on any atom is -0.379 e. The van der Waals surface area contributed by atoms with Crippen molar-refractivity contribution < 1.29 is 22.7 Å². The third-order valence-corrected chi connectivity index (χ3v) is 5.54. The van der Waals surface area contributed by atoms with E-state index in [0.29, 0.717) is 17.0 Å². The number of thiophene rings is 1. The molecule has 0 unspecified atom stereocenters. The minimum absolute atomic E-state index is 0.0862.